The minimum Gasteiger partial charge on any atom is -0.212 e. The van der Waals surface area contributed by atoms with Crippen LogP contribution in [0, 0.1) is 0 Å². The molecule has 0 fully saturated rings. The van der Waals surface area contributed by atoms with E-state index in [4.69, 9.17) is 7.85 Å². The molecule has 46 valence electrons. The van der Waals surface area contributed by atoms with Crippen LogP contribution in [0.15, 0.2) is 12.4 Å². The molecule has 2 nitrogen and oxygen atoms in total. The number of nitrogens with zero attached hydrogens (tertiary/aromatic N) is 2. The predicted octanol–water partition coefficient (Wildman–Crippen LogP) is 0.0720. The lowest BCUT2D eigenvalue weighted by Crippen LogP contribution is -2.00. The van der Waals surface area contributed by atoms with Crippen molar-refractivity contribution in [1.82, 2.24) is 9.78 Å². The maximum atomic E-state index is 11.6. The molecule has 9 heavy (non-hydrogen) atoms. The van der Waals surface area contributed by atoms with E-state index in [-0.39, 0.29) is 5.46 Å². The van der Waals surface area contributed by atoms with Gasteiger partial charge in [0.25, 0.3) is 0 Å². The maximum Gasteiger partial charge on any atom is 0.333 e. The number of hydrogen-bond acceptors (Lipinski definition) is 1. The van der Waals surface area contributed by atoms with Gasteiger partial charge < -0.3 is 0 Å². The van der Waals surface area contributed by atoms with Crippen LogP contribution in [0.2, 0.25) is 0 Å². The lowest BCUT2D eigenvalue weighted by Gasteiger charge is -1.94. The third kappa shape index (κ3) is 1.28. The van der Waals surface area contributed by atoms with Crippen molar-refractivity contribution < 1.29 is 8.78 Å². The molecule has 0 N–H and O–H groups in total. The van der Waals surface area contributed by atoms with Crippen molar-refractivity contribution in [3.8, 4) is 0 Å². The Balaban J connectivity index is 2.85. The molecule has 0 aliphatic carbocycles. The summed E-state index contributed by atoms with van der Waals surface area (Å²) in [7, 11) is 5.10. The first-order valence-electron chi connectivity index (χ1n) is 2.28. The molecule has 0 spiro atoms. The summed E-state index contributed by atoms with van der Waals surface area (Å²) in [5.74, 6) is 0. The van der Waals surface area contributed by atoms with Crippen LogP contribution in [0.25, 0.3) is 0 Å². The van der Waals surface area contributed by atoms with Crippen LogP contribution in [-0.2, 0) is 0 Å². The average Bonchev–Trinajstić information content (AvgIpc) is 2.14. The van der Waals surface area contributed by atoms with E-state index < -0.39 is 6.55 Å². The van der Waals surface area contributed by atoms with Gasteiger partial charge in [-0.05, 0) is 0 Å². The first kappa shape index (κ1) is 6.26. The van der Waals surface area contributed by atoms with Crippen molar-refractivity contribution in [3.63, 3.8) is 0 Å². The van der Waals surface area contributed by atoms with E-state index in [0.29, 0.717) is 4.68 Å². The second-order valence-corrected chi connectivity index (χ2v) is 1.53. The Labute approximate surface area is 51.9 Å². The van der Waals surface area contributed by atoms with Crippen LogP contribution in [-0.4, -0.2) is 17.6 Å². The Morgan fingerprint density at radius 2 is 2.33 bits per heavy atom. The summed E-state index contributed by atoms with van der Waals surface area (Å²) in [6.07, 6.45) is 2.25. The van der Waals surface area contributed by atoms with Crippen LogP contribution in [0.3, 0.4) is 0 Å². The Morgan fingerprint density at radius 1 is 1.67 bits per heavy atom. The molecule has 0 saturated heterocycles. The zero-order valence-corrected chi connectivity index (χ0v) is 4.46. The molecule has 2 radical (unpaired) electrons. The minimum absolute atomic E-state index is 0.246. The maximum absolute atomic E-state index is 11.6. The largest absolute Gasteiger partial charge is 0.333 e. The van der Waals surface area contributed by atoms with E-state index in [0.717, 1.165) is 6.20 Å². The van der Waals surface area contributed by atoms with Crippen molar-refractivity contribution in [1.29, 1.82) is 0 Å². The van der Waals surface area contributed by atoms with Gasteiger partial charge in [0.1, 0.15) is 7.85 Å². The highest BCUT2D eigenvalue weighted by molar-refractivity contribution is 6.31. The molecule has 0 saturated carbocycles. The van der Waals surface area contributed by atoms with Gasteiger partial charge in [0, 0.05) is 12.4 Å². The fraction of sp³-hybridized carbons (Fsp3) is 0.250. The number of hydrogen-bond donors (Lipinski definition) is 0. The van der Waals surface area contributed by atoms with Crippen LogP contribution in [0.1, 0.15) is 6.55 Å². The van der Waals surface area contributed by atoms with Crippen molar-refractivity contribution in [2.45, 2.75) is 6.55 Å². The second-order valence-electron chi connectivity index (χ2n) is 1.53. The second kappa shape index (κ2) is 2.17. The van der Waals surface area contributed by atoms with E-state index in [1.807, 2.05) is 0 Å². The molecule has 0 unspecified atom stereocenters. The van der Waals surface area contributed by atoms with Crippen LogP contribution >= 0.6 is 0 Å². The number of alkyl halides is 2. The van der Waals surface area contributed by atoms with E-state index >= 15 is 0 Å². The fourth-order valence-electron chi connectivity index (χ4n) is 0.459. The third-order valence-corrected chi connectivity index (χ3v) is 0.821. The Bertz CT molecular complexity index is 198. The Kier molecular flexibility index (Phi) is 1.51. The average molecular weight is 128 g/mol. The molecule has 1 aromatic rings. The lowest BCUT2D eigenvalue weighted by molar-refractivity contribution is 0.0567. The van der Waals surface area contributed by atoms with Crippen molar-refractivity contribution >= 4 is 13.3 Å². The number of aromatic nitrogens is 2. The van der Waals surface area contributed by atoms with Crippen LogP contribution in [0.5, 0.6) is 0 Å². The highest BCUT2D eigenvalue weighted by atomic mass is 19.3. The van der Waals surface area contributed by atoms with Gasteiger partial charge in [0.15, 0.2) is 0 Å². The van der Waals surface area contributed by atoms with E-state index in [1.54, 1.807) is 0 Å². The van der Waals surface area contributed by atoms with Crippen LogP contribution < -0.4 is 5.46 Å². The monoisotopic (exact) mass is 128 g/mol. The zero-order valence-electron chi connectivity index (χ0n) is 4.46. The van der Waals surface area contributed by atoms with Gasteiger partial charge in [0.2, 0.25) is 0 Å². The first-order chi connectivity index (χ1) is 4.20. The highest BCUT2D eigenvalue weighted by Gasteiger charge is 2.03. The highest BCUT2D eigenvalue weighted by Crippen LogP contribution is 2.04. The van der Waals surface area contributed by atoms with E-state index in [2.05, 4.69) is 5.10 Å². The molecule has 0 aliphatic heterocycles. The molecule has 0 aliphatic rings. The van der Waals surface area contributed by atoms with E-state index in [9.17, 15) is 8.78 Å². The summed E-state index contributed by atoms with van der Waals surface area (Å²) in [5.41, 5.74) is 0.246. The molecular weight excluding hydrogens is 125 g/mol. The molecule has 1 heterocycles. The number of rotatable bonds is 1. The smallest absolute Gasteiger partial charge is 0.212 e. The summed E-state index contributed by atoms with van der Waals surface area (Å²) >= 11 is 0. The van der Waals surface area contributed by atoms with Gasteiger partial charge in [-0.2, -0.15) is 13.9 Å². The topological polar surface area (TPSA) is 17.8 Å². The number of halogens is 2. The van der Waals surface area contributed by atoms with Crippen molar-refractivity contribution in [3.05, 3.63) is 12.4 Å². The van der Waals surface area contributed by atoms with Crippen molar-refractivity contribution in [2.75, 3.05) is 0 Å². The summed E-state index contributed by atoms with van der Waals surface area (Å²) < 4.78 is 23.7. The van der Waals surface area contributed by atoms with Crippen molar-refractivity contribution in [2.24, 2.45) is 0 Å². The Hall–Kier alpha value is -0.865. The van der Waals surface area contributed by atoms with Crippen LogP contribution in [0.4, 0.5) is 8.78 Å². The molecule has 0 bridgehead atoms. The molecule has 5 heteroatoms. The van der Waals surface area contributed by atoms with Gasteiger partial charge in [-0.15, -0.1) is 0 Å². The lowest BCUT2D eigenvalue weighted by atomic mass is 10.0. The third-order valence-electron chi connectivity index (χ3n) is 0.821. The normalized spacial score (nSPS) is 10.6. The summed E-state index contributed by atoms with van der Waals surface area (Å²) in [4.78, 5) is 0. The first-order valence-corrected chi connectivity index (χ1v) is 2.28. The molecule has 1 aromatic heterocycles. The molecule has 0 atom stereocenters. The molecular formula is C4H3BF2N2. The zero-order chi connectivity index (χ0) is 6.85. The molecule has 1 rings (SSSR count). The summed E-state index contributed by atoms with van der Waals surface area (Å²) in [5, 5.41) is 3.26. The summed E-state index contributed by atoms with van der Waals surface area (Å²) in [6, 6.07) is 0. The van der Waals surface area contributed by atoms with Gasteiger partial charge in [-0.25, -0.2) is 4.68 Å². The molecule has 0 aromatic carbocycles. The molecule has 0 amide bonds. The Morgan fingerprint density at radius 3 is 2.56 bits per heavy atom. The SMILES string of the molecule is [B]c1cnn(C(F)F)c1. The predicted molar refractivity (Wildman–Crippen MR) is 28.9 cm³/mol. The minimum atomic E-state index is -2.60. The van der Waals surface area contributed by atoms with Gasteiger partial charge in [0.05, 0.1) is 0 Å². The van der Waals surface area contributed by atoms with Gasteiger partial charge in [-0.1, -0.05) is 5.46 Å². The van der Waals surface area contributed by atoms with Gasteiger partial charge in [-0.3, -0.25) is 0 Å². The van der Waals surface area contributed by atoms with Gasteiger partial charge >= 0.3 is 6.55 Å². The summed E-state index contributed by atoms with van der Waals surface area (Å²) in [6.45, 7) is -2.60. The standard InChI is InChI=1S/C4H3BF2N2/c5-3-1-8-9(2-3)4(6)7/h1-2,4H. The van der Waals surface area contributed by atoms with E-state index in [1.165, 1.54) is 6.20 Å². The quantitative estimate of drug-likeness (QED) is 0.489. The fourth-order valence-corrected chi connectivity index (χ4v) is 0.459.